The highest BCUT2D eigenvalue weighted by atomic mass is 31.1. The van der Waals surface area contributed by atoms with Crippen molar-refractivity contribution in [3.8, 4) is 0 Å². The Morgan fingerprint density at radius 3 is 1.15 bits per heavy atom. The standard InChI is InChI=1S/C12H27P/c1-4-7-10-13(11-8-5-2)12-9-6-3/h4-12H2,1-3H3/q+1. The molecule has 0 spiro atoms. The van der Waals surface area contributed by atoms with Crippen LogP contribution in [0, 0.1) is 0 Å². The van der Waals surface area contributed by atoms with Crippen molar-refractivity contribution < 1.29 is 0 Å². The molecule has 0 amide bonds. The van der Waals surface area contributed by atoms with E-state index in [9.17, 15) is 0 Å². The maximum atomic E-state index is 2.31. The molecule has 0 aromatic carbocycles. The molecule has 1 heteroatoms. The van der Waals surface area contributed by atoms with Gasteiger partial charge in [0.25, 0.3) is 0 Å². The van der Waals surface area contributed by atoms with E-state index in [1.165, 1.54) is 38.5 Å². The minimum absolute atomic E-state index is 0.422. The van der Waals surface area contributed by atoms with Gasteiger partial charge in [-0.05, 0) is 19.3 Å². The van der Waals surface area contributed by atoms with Crippen LogP contribution in [0.5, 0.6) is 0 Å². The average Bonchev–Trinajstić information content (AvgIpc) is 2.17. The molecule has 0 fully saturated rings. The van der Waals surface area contributed by atoms with Crippen LogP contribution >= 0.6 is 7.92 Å². The molecule has 0 atom stereocenters. The lowest BCUT2D eigenvalue weighted by Crippen LogP contribution is -1.95. The van der Waals surface area contributed by atoms with Crippen LogP contribution in [0.25, 0.3) is 0 Å². The summed E-state index contributed by atoms with van der Waals surface area (Å²) in [5.41, 5.74) is 0. The van der Waals surface area contributed by atoms with E-state index in [0.29, 0.717) is 7.92 Å². The van der Waals surface area contributed by atoms with E-state index in [-0.39, 0.29) is 0 Å². The van der Waals surface area contributed by atoms with Gasteiger partial charge >= 0.3 is 0 Å². The number of unbranched alkanes of at least 4 members (excludes halogenated alkanes) is 3. The fourth-order valence-electron chi connectivity index (χ4n) is 1.48. The van der Waals surface area contributed by atoms with Gasteiger partial charge in [0.05, 0.1) is 18.5 Å². The summed E-state index contributed by atoms with van der Waals surface area (Å²) in [6, 6.07) is 0. The Hall–Kier alpha value is 0.430. The first-order valence-corrected chi connectivity index (χ1v) is 7.97. The van der Waals surface area contributed by atoms with Gasteiger partial charge in [0, 0.05) is 0 Å². The molecule has 0 bridgehead atoms. The predicted molar refractivity (Wildman–Crippen MR) is 66.2 cm³/mol. The van der Waals surface area contributed by atoms with Crippen LogP contribution in [0.2, 0.25) is 0 Å². The number of rotatable bonds is 9. The Labute approximate surface area is 86.3 Å². The number of hydrogen-bond acceptors (Lipinski definition) is 0. The monoisotopic (exact) mass is 202 g/mol. The molecule has 0 nitrogen and oxygen atoms in total. The zero-order chi connectivity index (χ0) is 9.94. The molecule has 13 heavy (non-hydrogen) atoms. The Kier molecular flexibility index (Phi) is 10.9. The maximum Gasteiger partial charge on any atom is 0.135 e. The fraction of sp³-hybridized carbons (Fsp3) is 1.00. The lowest BCUT2D eigenvalue weighted by Gasteiger charge is -2.04. The molecule has 0 unspecified atom stereocenters. The molecule has 0 rings (SSSR count). The highest BCUT2D eigenvalue weighted by Gasteiger charge is 2.18. The van der Waals surface area contributed by atoms with Gasteiger partial charge < -0.3 is 0 Å². The smallest absolute Gasteiger partial charge is 0.0652 e. The van der Waals surface area contributed by atoms with Crippen LogP contribution in [0.3, 0.4) is 0 Å². The molecule has 0 heterocycles. The Morgan fingerprint density at radius 2 is 0.923 bits per heavy atom. The maximum absolute atomic E-state index is 2.31. The number of hydrogen-bond donors (Lipinski definition) is 0. The third-order valence-electron chi connectivity index (χ3n) is 2.48. The van der Waals surface area contributed by atoms with Crippen molar-refractivity contribution in [3.63, 3.8) is 0 Å². The van der Waals surface area contributed by atoms with Gasteiger partial charge in [0.15, 0.2) is 0 Å². The fourth-order valence-corrected chi connectivity index (χ4v) is 4.44. The van der Waals surface area contributed by atoms with Crippen molar-refractivity contribution in [2.24, 2.45) is 0 Å². The van der Waals surface area contributed by atoms with Crippen molar-refractivity contribution in [3.05, 3.63) is 0 Å². The third-order valence-corrected chi connectivity index (χ3v) is 5.33. The molecule has 0 aliphatic heterocycles. The summed E-state index contributed by atoms with van der Waals surface area (Å²) < 4.78 is 0. The lowest BCUT2D eigenvalue weighted by molar-refractivity contribution is 0.847. The Morgan fingerprint density at radius 1 is 0.615 bits per heavy atom. The molecule has 1 radical (unpaired) electrons. The summed E-state index contributed by atoms with van der Waals surface area (Å²) in [5.74, 6) is 0. The van der Waals surface area contributed by atoms with Gasteiger partial charge in [-0.2, -0.15) is 0 Å². The van der Waals surface area contributed by atoms with Crippen molar-refractivity contribution in [2.45, 2.75) is 59.3 Å². The van der Waals surface area contributed by atoms with Crippen LogP contribution in [0.4, 0.5) is 0 Å². The van der Waals surface area contributed by atoms with E-state index < -0.39 is 0 Å². The molecule has 0 aliphatic carbocycles. The second-order valence-corrected chi connectivity index (χ2v) is 6.59. The van der Waals surface area contributed by atoms with Gasteiger partial charge in [-0.3, -0.25) is 0 Å². The van der Waals surface area contributed by atoms with Crippen molar-refractivity contribution in [1.82, 2.24) is 0 Å². The van der Waals surface area contributed by atoms with Crippen LogP contribution in [0.15, 0.2) is 0 Å². The lowest BCUT2D eigenvalue weighted by atomic mass is 10.4. The Bertz CT molecular complexity index is 72.1. The summed E-state index contributed by atoms with van der Waals surface area (Å²) in [5, 5.41) is 0. The summed E-state index contributed by atoms with van der Waals surface area (Å²) >= 11 is 0. The van der Waals surface area contributed by atoms with E-state index in [1.54, 1.807) is 18.5 Å². The van der Waals surface area contributed by atoms with Gasteiger partial charge in [-0.25, -0.2) is 0 Å². The van der Waals surface area contributed by atoms with E-state index >= 15 is 0 Å². The minimum Gasteiger partial charge on any atom is -0.0652 e. The Balaban J connectivity index is 3.47. The zero-order valence-electron chi connectivity index (χ0n) is 9.81. The zero-order valence-corrected chi connectivity index (χ0v) is 10.7. The largest absolute Gasteiger partial charge is 0.135 e. The predicted octanol–water partition coefficient (Wildman–Crippen LogP) is 4.87. The summed E-state index contributed by atoms with van der Waals surface area (Å²) in [6.07, 6.45) is 13.2. The summed E-state index contributed by atoms with van der Waals surface area (Å²) in [6.45, 7) is 6.94. The first-order chi connectivity index (χ1) is 6.35. The molecular weight excluding hydrogens is 175 g/mol. The highest BCUT2D eigenvalue weighted by Crippen LogP contribution is 2.38. The quantitative estimate of drug-likeness (QED) is 0.468. The van der Waals surface area contributed by atoms with Gasteiger partial charge in [-0.15, -0.1) is 0 Å². The first-order valence-electron chi connectivity index (χ1n) is 6.07. The van der Waals surface area contributed by atoms with Crippen LogP contribution in [-0.2, 0) is 0 Å². The van der Waals surface area contributed by atoms with Crippen LogP contribution < -0.4 is 0 Å². The highest BCUT2D eigenvalue weighted by molar-refractivity contribution is 7.57. The first kappa shape index (κ1) is 13.4. The average molecular weight is 202 g/mol. The summed E-state index contributed by atoms with van der Waals surface area (Å²) in [4.78, 5) is 0. The summed E-state index contributed by atoms with van der Waals surface area (Å²) in [7, 11) is 0.422. The van der Waals surface area contributed by atoms with Crippen molar-refractivity contribution >= 4 is 7.92 Å². The molecule has 0 saturated heterocycles. The molecule has 0 saturated carbocycles. The third kappa shape index (κ3) is 8.75. The second kappa shape index (κ2) is 10.5. The van der Waals surface area contributed by atoms with E-state index in [2.05, 4.69) is 20.8 Å². The van der Waals surface area contributed by atoms with Gasteiger partial charge in [0.2, 0.25) is 0 Å². The van der Waals surface area contributed by atoms with Crippen LogP contribution in [-0.4, -0.2) is 18.5 Å². The molecule has 0 aliphatic rings. The molecule has 0 N–H and O–H groups in total. The SMILES string of the molecule is CCCC[P+](CCCC)CCCC. The second-order valence-electron chi connectivity index (χ2n) is 3.90. The molecule has 0 aromatic heterocycles. The van der Waals surface area contributed by atoms with E-state index in [4.69, 9.17) is 0 Å². The van der Waals surface area contributed by atoms with Crippen molar-refractivity contribution in [2.75, 3.05) is 18.5 Å². The molecule has 79 valence electrons. The van der Waals surface area contributed by atoms with E-state index in [1.807, 2.05) is 0 Å². The van der Waals surface area contributed by atoms with Gasteiger partial charge in [0.1, 0.15) is 7.92 Å². The van der Waals surface area contributed by atoms with Crippen LogP contribution in [0.1, 0.15) is 59.3 Å². The molecule has 0 aromatic rings. The molecular formula is C12H27P+. The minimum atomic E-state index is 0.422. The van der Waals surface area contributed by atoms with E-state index in [0.717, 1.165) is 0 Å². The normalized spacial score (nSPS) is 11.1. The topological polar surface area (TPSA) is 0 Å². The van der Waals surface area contributed by atoms with Crippen molar-refractivity contribution in [1.29, 1.82) is 0 Å². The van der Waals surface area contributed by atoms with Gasteiger partial charge in [-0.1, -0.05) is 40.0 Å².